The number of ether oxygens (including phenoxy) is 1. The van der Waals surface area contributed by atoms with Gasteiger partial charge in [0.2, 0.25) is 5.91 Å². The number of nitrogens with two attached hydrogens (primary N) is 1. The van der Waals surface area contributed by atoms with Gasteiger partial charge in [0, 0.05) is 11.9 Å². The Bertz CT molecular complexity index is 939. The number of carbonyl (C=O) groups excluding carboxylic acids is 2. The van der Waals surface area contributed by atoms with Gasteiger partial charge in [-0.2, -0.15) is 0 Å². The van der Waals surface area contributed by atoms with Crippen LogP contribution in [0.2, 0.25) is 0 Å². The maximum Gasteiger partial charge on any atom is 0.267 e. The molecule has 0 aliphatic rings. The van der Waals surface area contributed by atoms with Crippen LogP contribution in [0.5, 0.6) is 5.75 Å². The van der Waals surface area contributed by atoms with Crippen LogP contribution in [-0.4, -0.2) is 28.4 Å². The average molecular weight is 382 g/mol. The molecule has 2 amide bonds. The van der Waals surface area contributed by atoms with Crippen molar-refractivity contribution in [3.8, 4) is 16.5 Å². The Balaban J connectivity index is 1.65. The zero-order valence-corrected chi connectivity index (χ0v) is 15.5. The molecule has 27 heavy (non-hydrogen) atoms. The lowest BCUT2D eigenvalue weighted by Crippen LogP contribution is -2.14. The quantitative estimate of drug-likeness (QED) is 0.653. The molecule has 0 spiro atoms. The number of anilines is 1. The molecule has 8 heteroatoms. The lowest BCUT2D eigenvalue weighted by Gasteiger charge is -2.07. The van der Waals surface area contributed by atoms with Crippen molar-refractivity contribution >= 4 is 28.8 Å². The molecular weight excluding hydrogens is 364 g/mol. The second-order valence-electron chi connectivity index (χ2n) is 5.69. The fourth-order valence-corrected chi connectivity index (χ4v) is 3.24. The molecule has 1 aromatic carbocycles. The first kappa shape index (κ1) is 18.5. The number of nitrogens with zero attached hydrogens (tertiary/aromatic N) is 2. The van der Waals surface area contributed by atoms with E-state index in [0.717, 1.165) is 5.69 Å². The summed E-state index contributed by atoms with van der Waals surface area (Å²) in [6, 6.07) is 12.5. The van der Waals surface area contributed by atoms with Gasteiger partial charge >= 0.3 is 0 Å². The van der Waals surface area contributed by atoms with E-state index in [1.165, 1.54) is 11.3 Å². The minimum Gasteiger partial charge on any atom is -0.493 e. The topological polar surface area (TPSA) is 107 Å². The van der Waals surface area contributed by atoms with E-state index >= 15 is 0 Å². The van der Waals surface area contributed by atoms with Crippen molar-refractivity contribution in [3.05, 3.63) is 59.2 Å². The first-order chi connectivity index (χ1) is 13.0. The summed E-state index contributed by atoms with van der Waals surface area (Å²) in [6.07, 6.45) is 1.85. The third kappa shape index (κ3) is 4.89. The molecule has 0 saturated carbocycles. The number of hydrogen-bond donors (Lipinski definition) is 2. The third-order valence-corrected chi connectivity index (χ3v) is 4.79. The van der Waals surface area contributed by atoms with Crippen molar-refractivity contribution in [3.63, 3.8) is 0 Å². The molecule has 3 N–H and O–H groups in total. The third-order valence-electron chi connectivity index (χ3n) is 3.62. The van der Waals surface area contributed by atoms with Crippen molar-refractivity contribution < 1.29 is 14.3 Å². The maximum atomic E-state index is 12.6. The van der Waals surface area contributed by atoms with Gasteiger partial charge in [-0.05, 0) is 43.3 Å². The molecule has 2 aromatic heterocycles. The summed E-state index contributed by atoms with van der Waals surface area (Å²) in [5.41, 5.74) is 7.10. The molecular formula is C19H18N4O3S. The lowest BCUT2D eigenvalue weighted by molar-refractivity contribution is -0.118. The van der Waals surface area contributed by atoms with Crippen LogP contribution in [0.15, 0.2) is 48.7 Å². The predicted octanol–water partition coefficient (Wildman–Crippen LogP) is 3.02. The maximum absolute atomic E-state index is 12.6. The van der Waals surface area contributed by atoms with Crippen molar-refractivity contribution in [2.75, 3.05) is 11.9 Å². The zero-order chi connectivity index (χ0) is 19.2. The number of primary amides is 1. The van der Waals surface area contributed by atoms with E-state index < -0.39 is 5.91 Å². The number of nitrogens with one attached hydrogen (secondary N) is 1. The molecule has 138 valence electrons. The summed E-state index contributed by atoms with van der Waals surface area (Å²) in [5.74, 6) is -0.0425. The molecule has 0 bridgehead atoms. The molecule has 3 rings (SSSR count). The Hall–Kier alpha value is -3.26. The van der Waals surface area contributed by atoms with Gasteiger partial charge in [-0.3, -0.25) is 14.6 Å². The largest absolute Gasteiger partial charge is 0.493 e. The van der Waals surface area contributed by atoms with E-state index in [0.29, 0.717) is 27.0 Å². The summed E-state index contributed by atoms with van der Waals surface area (Å²) in [5, 5.41) is 3.55. The number of hydrogen-bond acceptors (Lipinski definition) is 6. The smallest absolute Gasteiger partial charge is 0.267 e. The van der Waals surface area contributed by atoms with Gasteiger partial charge in [0.25, 0.3) is 5.91 Å². The van der Waals surface area contributed by atoms with E-state index in [4.69, 9.17) is 10.5 Å². The van der Waals surface area contributed by atoms with Gasteiger partial charge in [-0.1, -0.05) is 6.07 Å². The van der Waals surface area contributed by atoms with E-state index in [-0.39, 0.29) is 18.9 Å². The Kier molecular flexibility index (Phi) is 5.77. The molecule has 0 saturated heterocycles. The standard InChI is InChI=1S/C19H18N4O3S/c1-12-17(27-19(22-12)15-4-2-3-10-21-15)18(25)23-13-5-7-14(8-6-13)26-11-9-16(20)24/h2-8,10H,9,11H2,1H3,(H2,20,24)(H,23,25). The molecule has 3 aromatic rings. The van der Waals surface area contributed by atoms with Crippen molar-refractivity contribution in [2.24, 2.45) is 5.73 Å². The van der Waals surface area contributed by atoms with Crippen molar-refractivity contribution in [2.45, 2.75) is 13.3 Å². The molecule has 0 aliphatic heterocycles. The van der Waals surface area contributed by atoms with Crippen LogP contribution in [0, 0.1) is 6.92 Å². The molecule has 0 unspecified atom stereocenters. The molecule has 0 fully saturated rings. The van der Waals surface area contributed by atoms with Crippen LogP contribution >= 0.6 is 11.3 Å². The summed E-state index contributed by atoms with van der Waals surface area (Å²) in [4.78, 5) is 32.5. The van der Waals surface area contributed by atoms with Crippen LogP contribution in [-0.2, 0) is 4.79 Å². The number of pyridine rings is 1. The SMILES string of the molecule is Cc1nc(-c2ccccn2)sc1C(=O)Nc1ccc(OCCC(N)=O)cc1. The fraction of sp³-hybridized carbons (Fsp3) is 0.158. The Morgan fingerprint density at radius 1 is 1.19 bits per heavy atom. The van der Waals surface area contributed by atoms with Gasteiger partial charge in [0.1, 0.15) is 15.6 Å². The molecule has 7 nitrogen and oxygen atoms in total. The fourth-order valence-electron chi connectivity index (χ4n) is 2.30. The number of benzene rings is 1. The van der Waals surface area contributed by atoms with Gasteiger partial charge in [-0.15, -0.1) is 11.3 Å². The zero-order valence-electron chi connectivity index (χ0n) is 14.6. The molecule has 0 aliphatic carbocycles. The van der Waals surface area contributed by atoms with Crippen LogP contribution in [0.4, 0.5) is 5.69 Å². The summed E-state index contributed by atoms with van der Waals surface area (Å²) in [6.45, 7) is 2.02. The first-order valence-electron chi connectivity index (χ1n) is 8.24. The highest BCUT2D eigenvalue weighted by Gasteiger charge is 2.17. The summed E-state index contributed by atoms with van der Waals surface area (Å²) in [7, 11) is 0. The highest BCUT2D eigenvalue weighted by atomic mass is 32.1. The van der Waals surface area contributed by atoms with Crippen molar-refractivity contribution in [1.29, 1.82) is 0 Å². The average Bonchev–Trinajstić information content (AvgIpc) is 3.05. The van der Waals surface area contributed by atoms with E-state index in [2.05, 4.69) is 15.3 Å². The van der Waals surface area contributed by atoms with Gasteiger partial charge in [0.15, 0.2) is 0 Å². The van der Waals surface area contributed by atoms with Crippen LogP contribution < -0.4 is 15.8 Å². The van der Waals surface area contributed by atoms with Gasteiger partial charge < -0.3 is 15.8 Å². The number of carbonyl (C=O) groups is 2. The van der Waals surface area contributed by atoms with Crippen LogP contribution in [0.3, 0.4) is 0 Å². The van der Waals surface area contributed by atoms with Gasteiger partial charge in [0.05, 0.1) is 24.4 Å². The number of aryl methyl sites for hydroxylation is 1. The Morgan fingerprint density at radius 3 is 2.63 bits per heavy atom. The van der Waals surface area contributed by atoms with Crippen LogP contribution in [0.25, 0.3) is 10.7 Å². The van der Waals surface area contributed by atoms with E-state index in [1.54, 1.807) is 37.4 Å². The highest BCUT2D eigenvalue weighted by molar-refractivity contribution is 7.17. The number of rotatable bonds is 7. The highest BCUT2D eigenvalue weighted by Crippen LogP contribution is 2.27. The van der Waals surface area contributed by atoms with Gasteiger partial charge in [-0.25, -0.2) is 4.98 Å². The normalized spacial score (nSPS) is 10.4. The second-order valence-corrected chi connectivity index (χ2v) is 6.69. The molecule has 0 atom stereocenters. The van der Waals surface area contributed by atoms with Crippen LogP contribution in [0.1, 0.15) is 21.8 Å². The lowest BCUT2D eigenvalue weighted by atomic mass is 10.3. The second kappa shape index (κ2) is 8.41. The van der Waals surface area contributed by atoms with Crippen molar-refractivity contribution in [1.82, 2.24) is 9.97 Å². The molecule has 2 heterocycles. The Morgan fingerprint density at radius 2 is 1.96 bits per heavy atom. The summed E-state index contributed by atoms with van der Waals surface area (Å²) >= 11 is 1.30. The number of aromatic nitrogens is 2. The minimum absolute atomic E-state index is 0.155. The monoisotopic (exact) mass is 382 g/mol. The summed E-state index contributed by atoms with van der Waals surface area (Å²) < 4.78 is 5.40. The first-order valence-corrected chi connectivity index (χ1v) is 9.06. The molecule has 0 radical (unpaired) electrons. The van der Waals surface area contributed by atoms with E-state index in [1.807, 2.05) is 18.2 Å². The predicted molar refractivity (Wildman–Crippen MR) is 104 cm³/mol. The minimum atomic E-state index is -0.413. The van der Waals surface area contributed by atoms with E-state index in [9.17, 15) is 9.59 Å². The number of amides is 2. The Labute approximate surface area is 160 Å². The number of thiazole rings is 1.